The zero-order valence-electron chi connectivity index (χ0n) is 11.6. The summed E-state index contributed by atoms with van der Waals surface area (Å²) >= 11 is 0. The Bertz CT molecular complexity index is 700. The van der Waals surface area contributed by atoms with Crippen molar-refractivity contribution in [2.24, 2.45) is 0 Å². The molecule has 2 aromatic rings. The number of halogens is 2. The molecular formula is C13H13F2N3O3S. The van der Waals surface area contributed by atoms with E-state index >= 15 is 0 Å². The van der Waals surface area contributed by atoms with Crippen molar-refractivity contribution < 1.29 is 17.9 Å². The Kier molecular flexibility index (Phi) is 4.96. The van der Waals surface area contributed by atoms with Crippen molar-refractivity contribution in [2.75, 3.05) is 5.75 Å². The van der Waals surface area contributed by atoms with Crippen LogP contribution in [0.4, 0.5) is 14.5 Å². The monoisotopic (exact) mass is 329 g/mol. The Morgan fingerprint density at radius 1 is 1.41 bits per heavy atom. The lowest BCUT2D eigenvalue weighted by molar-refractivity contribution is -0.385. The maximum atomic E-state index is 13.6. The van der Waals surface area contributed by atoms with Crippen molar-refractivity contribution in [3.05, 3.63) is 57.9 Å². The Morgan fingerprint density at radius 3 is 2.59 bits per heavy atom. The normalized spacial score (nSPS) is 13.8. The van der Waals surface area contributed by atoms with Crippen LogP contribution in [0.5, 0.6) is 0 Å². The van der Waals surface area contributed by atoms with Gasteiger partial charge in [0, 0.05) is 22.1 Å². The highest BCUT2D eigenvalue weighted by molar-refractivity contribution is 7.85. The van der Waals surface area contributed by atoms with Gasteiger partial charge in [0.15, 0.2) is 0 Å². The lowest BCUT2D eigenvalue weighted by Gasteiger charge is -2.13. The molecule has 9 heteroatoms. The molecule has 2 rings (SSSR count). The van der Waals surface area contributed by atoms with Crippen LogP contribution in [0, 0.1) is 21.7 Å². The van der Waals surface area contributed by atoms with Crippen molar-refractivity contribution in [1.29, 1.82) is 0 Å². The summed E-state index contributed by atoms with van der Waals surface area (Å²) in [5.74, 6) is -1.40. The molecule has 0 N–H and O–H groups in total. The van der Waals surface area contributed by atoms with Crippen LogP contribution in [0.2, 0.25) is 0 Å². The Morgan fingerprint density at radius 2 is 2.05 bits per heavy atom. The molecule has 0 bridgehead atoms. The topological polar surface area (TPSA) is 78.0 Å². The first-order valence-electron chi connectivity index (χ1n) is 6.38. The van der Waals surface area contributed by atoms with Gasteiger partial charge in [0.25, 0.3) is 0 Å². The van der Waals surface area contributed by atoms with Crippen LogP contribution in [-0.4, -0.2) is 24.7 Å². The molecule has 0 aliphatic carbocycles. The molecule has 0 fully saturated rings. The second-order valence-corrected chi connectivity index (χ2v) is 6.46. The third kappa shape index (κ3) is 3.53. The summed E-state index contributed by atoms with van der Waals surface area (Å²) in [5.41, 5.74) is -0.383. The van der Waals surface area contributed by atoms with E-state index in [4.69, 9.17) is 0 Å². The van der Waals surface area contributed by atoms with Crippen molar-refractivity contribution in [3.63, 3.8) is 0 Å². The Balaban J connectivity index is 2.04. The maximum absolute atomic E-state index is 13.6. The van der Waals surface area contributed by atoms with Crippen LogP contribution in [0.1, 0.15) is 17.7 Å². The molecule has 1 heterocycles. The summed E-state index contributed by atoms with van der Waals surface area (Å²) in [4.78, 5) is 9.94. The largest absolute Gasteiger partial charge is 0.306 e. The smallest absolute Gasteiger partial charge is 0.265 e. The highest BCUT2D eigenvalue weighted by Crippen LogP contribution is 2.25. The number of rotatable bonds is 6. The molecule has 0 amide bonds. The Labute approximate surface area is 127 Å². The summed E-state index contributed by atoms with van der Waals surface area (Å²) in [5, 5.41) is 13.5. The van der Waals surface area contributed by atoms with E-state index in [-0.39, 0.29) is 23.5 Å². The van der Waals surface area contributed by atoms with E-state index in [9.17, 15) is 23.1 Å². The van der Waals surface area contributed by atoms with Crippen LogP contribution in [0.25, 0.3) is 0 Å². The van der Waals surface area contributed by atoms with Crippen molar-refractivity contribution in [3.8, 4) is 0 Å². The van der Waals surface area contributed by atoms with Crippen molar-refractivity contribution in [1.82, 2.24) is 9.78 Å². The standard InChI is InChI=1S/C13H13F2N3O3S/c1-9(13-11(14)3-2-4-12(13)15)22(21)6-5-17-8-10(7-16-17)18(19)20/h2-4,7-9H,5-6H2,1H3/t9-,22-/m1/s1. The fraction of sp³-hybridized carbons (Fsp3) is 0.308. The van der Waals surface area contributed by atoms with E-state index in [1.54, 1.807) is 0 Å². The average molecular weight is 329 g/mol. The quantitative estimate of drug-likeness (QED) is 0.603. The van der Waals surface area contributed by atoms with Crippen molar-refractivity contribution >= 4 is 16.5 Å². The molecule has 0 radical (unpaired) electrons. The van der Waals surface area contributed by atoms with Crippen LogP contribution in [0.15, 0.2) is 30.6 Å². The molecule has 2 atom stereocenters. The lowest BCUT2D eigenvalue weighted by atomic mass is 10.1. The zero-order chi connectivity index (χ0) is 16.3. The van der Waals surface area contributed by atoms with Gasteiger partial charge in [-0.25, -0.2) is 8.78 Å². The molecule has 6 nitrogen and oxygen atoms in total. The molecular weight excluding hydrogens is 316 g/mol. The first-order valence-corrected chi connectivity index (χ1v) is 7.76. The van der Waals surface area contributed by atoms with Gasteiger partial charge in [-0.3, -0.25) is 19.0 Å². The summed E-state index contributed by atoms with van der Waals surface area (Å²) in [7, 11) is -1.55. The van der Waals surface area contributed by atoms with E-state index in [2.05, 4.69) is 5.10 Å². The van der Waals surface area contributed by atoms with Crippen LogP contribution >= 0.6 is 0 Å². The third-order valence-electron chi connectivity index (χ3n) is 3.15. The highest BCUT2D eigenvalue weighted by Gasteiger charge is 2.21. The molecule has 0 aliphatic rings. The Hall–Kier alpha value is -2.16. The minimum absolute atomic E-state index is 0.0772. The van der Waals surface area contributed by atoms with Crippen LogP contribution in [-0.2, 0) is 17.3 Å². The number of nitrogens with zero attached hydrogens (tertiary/aromatic N) is 3. The van der Waals surface area contributed by atoms with Gasteiger partial charge in [-0.15, -0.1) is 0 Å². The maximum Gasteiger partial charge on any atom is 0.306 e. The molecule has 0 saturated carbocycles. The molecule has 0 unspecified atom stereocenters. The molecule has 1 aromatic heterocycles. The average Bonchev–Trinajstić information content (AvgIpc) is 2.93. The molecule has 0 aliphatic heterocycles. The van der Waals surface area contributed by atoms with Gasteiger partial charge < -0.3 is 0 Å². The third-order valence-corrected chi connectivity index (χ3v) is 4.76. The summed E-state index contributed by atoms with van der Waals surface area (Å²) in [6.07, 6.45) is 2.30. The fourth-order valence-corrected chi connectivity index (χ4v) is 3.17. The first kappa shape index (κ1) is 16.2. The number of nitro groups is 1. The van der Waals surface area contributed by atoms with E-state index in [0.29, 0.717) is 0 Å². The van der Waals surface area contributed by atoms with Crippen LogP contribution < -0.4 is 0 Å². The minimum Gasteiger partial charge on any atom is -0.265 e. The predicted octanol–water partition coefficient (Wildman–Crippen LogP) is 2.58. The van der Waals surface area contributed by atoms with Gasteiger partial charge >= 0.3 is 5.69 Å². The number of benzene rings is 1. The number of hydrogen-bond acceptors (Lipinski definition) is 4. The molecule has 1 aromatic carbocycles. The molecule has 0 spiro atoms. The van der Waals surface area contributed by atoms with Gasteiger partial charge in [-0.1, -0.05) is 6.07 Å². The van der Waals surface area contributed by atoms with Gasteiger partial charge in [0.2, 0.25) is 0 Å². The number of aryl methyl sites for hydroxylation is 1. The molecule has 22 heavy (non-hydrogen) atoms. The number of aromatic nitrogens is 2. The summed E-state index contributed by atoms with van der Waals surface area (Å²) in [6.45, 7) is 1.63. The van der Waals surface area contributed by atoms with E-state index in [1.807, 2.05) is 0 Å². The van der Waals surface area contributed by atoms with E-state index < -0.39 is 32.6 Å². The van der Waals surface area contributed by atoms with Gasteiger partial charge in [0.1, 0.15) is 24.0 Å². The van der Waals surface area contributed by atoms with Gasteiger partial charge in [0.05, 0.1) is 16.7 Å². The lowest BCUT2D eigenvalue weighted by Crippen LogP contribution is -2.14. The first-order chi connectivity index (χ1) is 10.4. The predicted molar refractivity (Wildman–Crippen MR) is 76.7 cm³/mol. The van der Waals surface area contributed by atoms with E-state index in [1.165, 1.54) is 23.9 Å². The fourth-order valence-electron chi connectivity index (χ4n) is 1.96. The number of hydrogen-bond donors (Lipinski definition) is 0. The van der Waals surface area contributed by atoms with Crippen LogP contribution in [0.3, 0.4) is 0 Å². The minimum atomic E-state index is -1.55. The van der Waals surface area contributed by atoms with Crippen molar-refractivity contribution in [2.45, 2.75) is 18.7 Å². The van der Waals surface area contributed by atoms with E-state index in [0.717, 1.165) is 18.3 Å². The highest BCUT2D eigenvalue weighted by atomic mass is 32.2. The summed E-state index contributed by atoms with van der Waals surface area (Å²) < 4.78 is 40.7. The van der Waals surface area contributed by atoms with Gasteiger partial charge in [-0.2, -0.15) is 5.10 Å². The zero-order valence-corrected chi connectivity index (χ0v) is 12.4. The SMILES string of the molecule is C[C@H](c1c(F)cccc1F)[S@](=O)CCn1cc([N+](=O)[O-])cn1. The van der Waals surface area contributed by atoms with Gasteiger partial charge in [-0.05, 0) is 19.1 Å². The second kappa shape index (κ2) is 6.73. The molecule has 118 valence electrons. The second-order valence-electron chi connectivity index (χ2n) is 4.58. The molecule has 0 saturated heterocycles. The summed E-state index contributed by atoms with van der Waals surface area (Å²) in [6, 6.07) is 3.47.